The van der Waals surface area contributed by atoms with Crippen LogP contribution in [0.15, 0.2) is 12.4 Å². The SMILES string of the molecule is Cc1cnc(C(=O)N2CCC(c3nc(C)c4c(n3)N(CC(C)C)C(=O)CC4)CC2)cn1. The maximum Gasteiger partial charge on any atom is 0.274 e. The standard InChI is InChI=1S/C23H30N6O2/c1-14(2)13-29-20(30)6-5-18-16(4)26-21(27-22(18)29)17-7-9-28(10-8-17)23(31)19-12-24-15(3)11-25-19/h11-12,14,17H,5-10,13H2,1-4H3. The molecular weight excluding hydrogens is 392 g/mol. The number of carbonyl (C=O) groups excluding carboxylic acids is 2. The molecule has 8 nitrogen and oxygen atoms in total. The van der Waals surface area contributed by atoms with Gasteiger partial charge in [-0.05, 0) is 39.0 Å². The first-order chi connectivity index (χ1) is 14.8. The molecule has 0 N–H and O–H groups in total. The van der Waals surface area contributed by atoms with E-state index in [1.807, 2.05) is 23.6 Å². The molecule has 1 fully saturated rings. The number of anilines is 1. The molecule has 0 bridgehead atoms. The largest absolute Gasteiger partial charge is 0.337 e. The van der Waals surface area contributed by atoms with E-state index in [0.717, 1.165) is 41.4 Å². The molecule has 8 heteroatoms. The van der Waals surface area contributed by atoms with Crippen molar-refractivity contribution in [2.45, 2.75) is 59.3 Å². The smallest absolute Gasteiger partial charge is 0.274 e. The van der Waals surface area contributed by atoms with E-state index < -0.39 is 0 Å². The Bertz CT molecular complexity index is 980. The third-order valence-electron chi connectivity index (χ3n) is 6.05. The molecule has 0 atom stereocenters. The Kier molecular flexibility index (Phi) is 5.98. The lowest BCUT2D eigenvalue weighted by Crippen LogP contribution is -2.40. The van der Waals surface area contributed by atoms with Crippen molar-refractivity contribution >= 4 is 17.6 Å². The van der Waals surface area contributed by atoms with E-state index in [0.29, 0.717) is 44.1 Å². The fraction of sp³-hybridized carbons (Fsp3) is 0.565. The zero-order chi connectivity index (χ0) is 22.1. The first kappa shape index (κ1) is 21.3. The molecule has 0 spiro atoms. The van der Waals surface area contributed by atoms with Gasteiger partial charge in [-0.1, -0.05) is 13.8 Å². The Labute approximate surface area is 183 Å². The first-order valence-corrected chi connectivity index (χ1v) is 11.1. The van der Waals surface area contributed by atoms with Crippen molar-refractivity contribution in [3.63, 3.8) is 0 Å². The summed E-state index contributed by atoms with van der Waals surface area (Å²) in [4.78, 5) is 47.1. The van der Waals surface area contributed by atoms with Crippen LogP contribution in [-0.2, 0) is 11.2 Å². The van der Waals surface area contributed by atoms with Crippen LogP contribution in [0.5, 0.6) is 0 Å². The highest BCUT2D eigenvalue weighted by Crippen LogP contribution is 2.33. The molecule has 0 unspecified atom stereocenters. The highest BCUT2D eigenvalue weighted by molar-refractivity contribution is 5.95. The summed E-state index contributed by atoms with van der Waals surface area (Å²) in [5, 5.41) is 0. The maximum absolute atomic E-state index is 12.7. The predicted octanol–water partition coefficient (Wildman–Crippen LogP) is 2.84. The molecule has 4 heterocycles. The summed E-state index contributed by atoms with van der Waals surface area (Å²) in [6, 6.07) is 0. The fourth-order valence-corrected chi connectivity index (χ4v) is 4.34. The molecule has 0 radical (unpaired) electrons. The average molecular weight is 423 g/mol. The van der Waals surface area contributed by atoms with Crippen LogP contribution < -0.4 is 4.90 Å². The quantitative estimate of drug-likeness (QED) is 0.752. The van der Waals surface area contributed by atoms with Crippen LogP contribution in [0.1, 0.15) is 72.3 Å². The number of likely N-dealkylation sites (tertiary alicyclic amines) is 1. The predicted molar refractivity (Wildman–Crippen MR) is 117 cm³/mol. The van der Waals surface area contributed by atoms with Crippen LogP contribution in [0, 0.1) is 19.8 Å². The van der Waals surface area contributed by atoms with Gasteiger partial charge in [-0.2, -0.15) is 0 Å². The van der Waals surface area contributed by atoms with Crippen molar-refractivity contribution in [2.24, 2.45) is 5.92 Å². The Morgan fingerprint density at radius 3 is 2.48 bits per heavy atom. The van der Waals surface area contributed by atoms with Gasteiger partial charge < -0.3 is 4.90 Å². The lowest BCUT2D eigenvalue weighted by Gasteiger charge is -2.33. The maximum atomic E-state index is 12.7. The van der Waals surface area contributed by atoms with Crippen LogP contribution >= 0.6 is 0 Å². The zero-order valence-corrected chi connectivity index (χ0v) is 18.8. The average Bonchev–Trinajstić information content (AvgIpc) is 2.75. The van der Waals surface area contributed by atoms with E-state index in [2.05, 4.69) is 23.8 Å². The van der Waals surface area contributed by atoms with Gasteiger partial charge >= 0.3 is 0 Å². The van der Waals surface area contributed by atoms with E-state index in [-0.39, 0.29) is 17.7 Å². The number of aryl methyl sites for hydroxylation is 2. The first-order valence-electron chi connectivity index (χ1n) is 11.1. The van der Waals surface area contributed by atoms with Crippen LogP contribution in [0.25, 0.3) is 0 Å². The summed E-state index contributed by atoms with van der Waals surface area (Å²) in [5.41, 5.74) is 3.23. The van der Waals surface area contributed by atoms with Crippen LogP contribution in [-0.4, -0.2) is 56.3 Å². The van der Waals surface area contributed by atoms with E-state index in [4.69, 9.17) is 9.97 Å². The van der Waals surface area contributed by atoms with E-state index in [1.54, 1.807) is 12.4 Å². The number of hydrogen-bond donors (Lipinski definition) is 0. The Morgan fingerprint density at radius 2 is 1.84 bits per heavy atom. The minimum Gasteiger partial charge on any atom is -0.337 e. The van der Waals surface area contributed by atoms with Crippen molar-refractivity contribution < 1.29 is 9.59 Å². The van der Waals surface area contributed by atoms with Crippen molar-refractivity contribution in [2.75, 3.05) is 24.5 Å². The van der Waals surface area contributed by atoms with Gasteiger partial charge in [0.05, 0.1) is 11.9 Å². The molecule has 2 amide bonds. The summed E-state index contributed by atoms with van der Waals surface area (Å²) >= 11 is 0. The highest BCUT2D eigenvalue weighted by atomic mass is 16.2. The lowest BCUT2D eigenvalue weighted by molar-refractivity contribution is -0.119. The van der Waals surface area contributed by atoms with Crippen LogP contribution in [0.3, 0.4) is 0 Å². The minimum absolute atomic E-state index is 0.0813. The van der Waals surface area contributed by atoms with Crippen molar-refractivity contribution in [1.29, 1.82) is 0 Å². The number of hydrogen-bond acceptors (Lipinski definition) is 6. The molecule has 1 saturated heterocycles. The number of carbonyl (C=O) groups is 2. The summed E-state index contributed by atoms with van der Waals surface area (Å²) < 4.78 is 0. The summed E-state index contributed by atoms with van der Waals surface area (Å²) in [6.07, 6.45) is 5.97. The second-order valence-electron chi connectivity index (χ2n) is 8.98. The molecule has 0 aromatic carbocycles. The van der Waals surface area contributed by atoms with Gasteiger partial charge in [0.2, 0.25) is 5.91 Å². The minimum atomic E-state index is -0.0813. The van der Waals surface area contributed by atoms with E-state index >= 15 is 0 Å². The Morgan fingerprint density at radius 1 is 1.10 bits per heavy atom. The van der Waals surface area contributed by atoms with Crippen LogP contribution in [0.4, 0.5) is 5.82 Å². The number of nitrogens with zero attached hydrogens (tertiary/aromatic N) is 6. The number of rotatable bonds is 4. The van der Waals surface area contributed by atoms with E-state index in [1.165, 1.54) is 0 Å². The van der Waals surface area contributed by atoms with E-state index in [9.17, 15) is 9.59 Å². The van der Waals surface area contributed by atoms with Gasteiger partial charge in [0.1, 0.15) is 17.3 Å². The second kappa shape index (κ2) is 8.69. The normalized spacial score (nSPS) is 17.3. The third-order valence-corrected chi connectivity index (χ3v) is 6.05. The highest BCUT2D eigenvalue weighted by Gasteiger charge is 2.31. The topological polar surface area (TPSA) is 92.2 Å². The second-order valence-corrected chi connectivity index (χ2v) is 8.98. The Balaban J connectivity index is 1.50. The third kappa shape index (κ3) is 4.43. The van der Waals surface area contributed by atoms with Gasteiger partial charge in [0, 0.05) is 49.4 Å². The molecule has 0 aliphatic carbocycles. The Hall–Kier alpha value is -2.90. The zero-order valence-electron chi connectivity index (χ0n) is 18.8. The molecule has 4 rings (SSSR count). The summed E-state index contributed by atoms with van der Waals surface area (Å²) in [6.45, 7) is 10.0. The van der Waals surface area contributed by atoms with Gasteiger partial charge in [-0.3, -0.25) is 19.5 Å². The number of piperidine rings is 1. The monoisotopic (exact) mass is 422 g/mol. The molecule has 31 heavy (non-hydrogen) atoms. The molecule has 164 valence electrons. The number of fused-ring (bicyclic) bond motifs is 1. The van der Waals surface area contributed by atoms with Crippen molar-refractivity contribution in [3.05, 3.63) is 40.9 Å². The van der Waals surface area contributed by atoms with Gasteiger partial charge in [-0.25, -0.2) is 15.0 Å². The molecule has 2 aromatic heterocycles. The summed E-state index contributed by atoms with van der Waals surface area (Å²) in [5.74, 6) is 2.19. The molecule has 2 aliphatic rings. The summed E-state index contributed by atoms with van der Waals surface area (Å²) in [7, 11) is 0. The molecule has 0 saturated carbocycles. The molecule has 2 aromatic rings. The van der Waals surface area contributed by atoms with Crippen molar-refractivity contribution in [1.82, 2.24) is 24.8 Å². The number of amides is 2. The van der Waals surface area contributed by atoms with Gasteiger partial charge in [0.15, 0.2) is 0 Å². The van der Waals surface area contributed by atoms with Crippen molar-refractivity contribution in [3.8, 4) is 0 Å². The van der Waals surface area contributed by atoms with Gasteiger partial charge in [0.25, 0.3) is 5.91 Å². The van der Waals surface area contributed by atoms with Gasteiger partial charge in [-0.15, -0.1) is 0 Å². The number of aromatic nitrogens is 4. The molecular formula is C23H30N6O2. The lowest BCUT2D eigenvalue weighted by atomic mass is 9.94. The molecule has 2 aliphatic heterocycles. The van der Waals surface area contributed by atoms with Crippen LogP contribution in [0.2, 0.25) is 0 Å². The fourth-order valence-electron chi connectivity index (χ4n) is 4.34.